The third-order valence-corrected chi connectivity index (χ3v) is 2.32. The van der Waals surface area contributed by atoms with E-state index < -0.39 is 11.9 Å². The molecule has 0 aliphatic rings. The van der Waals surface area contributed by atoms with Gasteiger partial charge in [-0.2, -0.15) is 18.2 Å². The molecule has 0 fully saturated rings. The predicted molar refractivity (Wildman–Crippen MR) is 54.0 cm³/mol. The van der Waals surface area contributed by atoms with Gasteiger partial charge in [-0.3, -0.25) is 5.10 Å². The first kappa shape index (κ1) is 12.0. The Morgan fingerprint density at radius 3 is 2.71 bits per heavy atom. The number of nitrogens with one attached hydrogen (secondary N) is 1. The van der Waals surface area contributed by atoms with Gasteiger partial charge in [0.05, 0.1) is 6.61 Å². The number of aromatic amines is 1. The maximum Gasteiger partial charge on any atom is 0.433 e. The molecule has 2 heterocycles. The van der Waals surface area contributed by atoms with E-state index in [-0.39, 0.29) is 23.4 Å². The highest BCUT2D eigenvalue weighted by Gasteiger charge is 2.33. The fraction of sp³-hybridized carbons (Fsp3) is 0.375. The molecule has 0 aliphatic heterocycles. The lowest BCUT2D eigenvalue weighted by atomic mass is 10.4. The Hall–Kier alpha value is -1.48. The molecule has 92 valence electrons. The van der Waals surface area contributed by atoms with Gasteiger partial charge in [0.1, 0.15) is 10.5 Å². The highest BCUT2D eigenvalue weighted by molar-refractivity contribution is 7.71. The fourth-order valence-corrected chi connectivity index (χ4v) is 1.53. The number of alkyl halides is 3. The molecule has 0 saturated carbocycles. The van der Waals surface area contributed by atoms with Gasteiger partial charge >= 0.3 is 6.18 Å². The quantitative estimate of drug-likeness (QED) is 0.803. The van der Waals surface area contributed by atoms with Crippen LogP contribution in [0.1, 0.15) is 11.5 Å². The first-order valence-electron chi connectivity index (χ1n) is 4.58. The summed E-state index contributed by atoms with van der Waals surface area (Å²) >= 11 is 4.80. The topological polar surface area (TPSA) is 66.2 Å². The zero-order chi connectivity index (χ0) is 12.6. The minimum atomic E-state index is -4.56. The van der Waals surface area contributed by atoms with E-state index in [0.29, 0.717) is 5.82 Å². The molecule has 0 spiro atoms. The third kappa shape index (κ3) is 2.29. The van der Waals surface area contributed by atoms with Gasteiger partial charge in [-0.25, -0.2) is 9.50 Å². The lowest BCUT2D eigenvalue weighted by Gasteiger charge is -2.04. The van der Waals surface area contributed by atoms with Gasteiger partial charge in [-0.15, -0.1) is 0 Å². The minimum absolute atomic E-state index is 0.0704. The largest absolute Gasteiger partial charge is 0.433 e. The number of aliphatic hydroxyl groups excluding tert-OH is 1. The molecule has 17 heavy (non-hydrogen) atoms. The van der Waals surface area contributed by atoms with Gasteiger partial charge in [0.15, 0.2) is 5.69 Å². The lowest BCUT2D eigenvalue weighted by Crippen LogP contribution is -2.09. The van der Waals surface area contributed by atoms with Crippen LogP contribution in [0.2, 0.25) is 0 Å². The number of hydrogen-bond donors (Lipinski definition) is 2. The number of H-pyrrole nitrogens is 1. The molecule has 2 aromatic heterocycles. The molecular weight excluding hydrogens is 257 g/mol. The summed E-state index contributed by atoms with van der Waals surface area (Å²) in [6.45, 7) is -0.167. The van der Waals surface area contributed by atoms with Crippen LogP contribution in [0.5, 0.6) is 0 Å². The second-order valence-electron chi connectivity index (χ2n) is 3.26. The number of aromatic nitrogens is 4. The summed E-state index contributed by atoms with van der Waals surface area (Å²) in [5.41, 5.74) is -1.08. The average Bonchev–Trinajstić information content (AvgIpc) is 2.60. The molecule has 0 atom stereocenters. The van der Waals surface area contributed by atoms with E-state index >= 15 is 0 Å². The third-order valence-electron chi connectivity index (χ3n) is 2.02. The highest BCUT2D eigenvalue weighted by Crippen LogP contribution is 2.27. The number of aliphatic hydroxyl groups is 1. The molecule has 0 saturated heterocycles. The van der Waals surface area contributed by atoms with E-state index in [1.807, 2.05) is 0 Å². The molecule has 2 N–H and O–H groups in total. The summed E-state index contributed by atoms with van der Waals surface area (Å²) in [6, 6.07) is 0.753. The molecule has 0 unspecified atom stereocenters. The van der Waals surface area contributed by atoms with Crippen LogP contribution < -0.4 is 0 Å². The van der Waals surface area contributed by atoms with Crippen LogP contribution in [0, 0.1) is 4.64 Å². The number of hydrogen-bond acceptors (Lipinski definition) is 4. The molecule has 2 aromatic rings. The van der Waals surface area contributed by atoms with Crippen LogP contribution in [0.3, 0.4) is 0 Å². The molecule has 0 radical (unpaired) electrons. The van der Waals surface area contributed by atoms with E-state index in [1.54, 1.807) is 0 Å². The Bertz CT molecular complexity index is 603. The van der Waals surface area contributed by atoms with Crippen LogP contribution in [0.4, 0.5) is 13.2 Å². The van der Waals surface area contributed by atoms with Crippen molar-refractivity contribution >= 4 is 18.0 Å². The van der Waals surface area contributed by atoms with Crippen molar-refractivity contribution in [1.29, 1.82) is 0 Å². The SMILES string of the molecule is OCCc1nc2nc(C(F)(F)F)cc(=S)n2[nH]1. The monoisotopic (exact) mass is 264 g/mol. The molecule has 5 nitrogen and oxygen atoms in total. The maximum atomic E-state index is 12.5. The van der Waals surface area contributed by atoms with Gasteiger partial charge in [-0.1, -0.05) is 12.2 Å². The summed E-state index contributed by atoms with van der Waals surface area (Å²) in [7, 11) is 0. The van der Waals surface area contributed by atoms with E-state index in [0.717, 1.165) is 10.6 Å². The minimum Gasteiger partial charge on any atom is -0.396 e. The second kappa shape index (κ2) is 4.08. The van der Waals surface area contributed by atoms with E-state index in [2.05, 4.69) is 15.1 Å². The summed E-state index contributed by atoms with van der Waals surface area (Å²) < 4.78 is 38.5. The van der Waals surface area contributed by atoms with Crippen molar-refractivity contribution in [2.45, 2.75) is 12.6 Å². The second-order valence-corrected chi connectivity index (χ2v) is 3.67. The molecule has 0 amide bonds. The Kier molecular flexibility index (Phi) is 2.87. The zero-order valence-electron chi connectivity index (χ0n) is 8.32. The first-order chi connectivity index (χ1) is 7.91. The van der Waals surface area contributed by atoms with Crippen LogP contribution in [-0.4, -0.2) is 31.3 Å². The van der Waals surface area contributed by atoms with Gasteiger partial charge in [0.25, 0.3) is 5.78 Å². The normalized spacial score (nSPS) is 12.2. The molecule has 0 aromatic carbocycles. The summed E-state index contributed by atoms with van der Waals surface area (Å²) in [5, 5.41) is 11.4. The zero-order valence-corrected chi connectivity index (χ0v) is 9.14. The van der Waals surface area contributed by atoms with Crippen LogP contribution >= 0.6 is 12.2 Å². The van der Waals surface area contributed by atoms with E-state index in [1.165, 1.54) is 0 Å². The molecule has 0 bridgehead atoms. The van der Waals surface area contributed by atoms with Crippen molar-refractivity contribution in [2.75, 3.05) is 6.61 Å². The smallest absolute Gasteiger partial charge is 0.396 e. The summed E-state index contributed by atoms with van der Waals surface area (Å²) in [6.07, 6.45) is -4.36. The van der Waals surface area contributed by atoms with Crippen molar-refractivity contribution < 1.29 is 18.3 Å². The number of halogens is 3. The van der Waals surface area contributed by atoms with Crippen molar-refractivity contribution in [3.63, 3.8) is 0 Å². The standard InChI is InChI=1S/C8H7F3N4OS/c9-8(10,11)4-3-6(17)15-7(12-4)13-5(14-15)1-2-16/h3,16H,1-2H2,(H,12,13,14). The Labute approximate surface area is 97.9 Å². The molecule has 9 heteroatoms. The first-order valence-corrected chi connectivity index (χ1v) is 4.99. The summed E-state index contributed by atoms with van der Waals surface area (Å²) in [4.78, 5) is 7.16. The van der Waals surface area contributed by atoms with Crippen LogP contribution in [0.15, 0.2) is 6.07 Å². The molecule has 0 aliphatic carbocycles. The molecule has 2 rings (SSSR count). The van der Waals surface area contributed by atoms with Gasteiger partial charge in [0.2, 0.25) is 0 Å². The number of fused-ring (bicyclic) bond motifs is 1. The van der Waals surface area contributed by atoms with Crippen molar-refractivity contribution in [3.05, 3.63) is 22.2 Å². The Balaban J connectivity index is 2.61. The van der Waals surface area contributed by atoms with Crippen LogP contribution in [-0.2, 0) is 12.6 Å². The lowest BCUT2D eigenvalue weighted by molar-refractivity contribution is -0.141. The average molecular weight is 264 g/mol. The number of rotatable bonds is 2. The van der Waals surface area contributed by atoms with Crippen molar-refractivity contribution in [3.8, 4) is 0 Å². The van der Waals surface area contributed by atoms with Crippen molar-refractivity contribution in [1.82, 2.24) is 19.6 Å². The molecular formula is C8H7F3N4OS. The van der Waals surface area contributed by atoms with E-state index in [9.17, 15) is 13.2 Å². The van der Waals surface area contributed by atoms with Gasteiger partial charge in [0, 0.05) is 12.5 Å². The van der Waals surface area contributed by atoms with E-state index in [4.69, 9.17) is 17.3 Å². The summed E-state index contributed by atoms with van der Waals surface area (Å²) in [5.74, 6) is 0.165. The highest BCUT2D eigenvalue weighted by atomic mass is 32.1. The maximum absolute atomic E-state index is 12.5. The fourth-order valence-electron chi connectivity index (χ4n) is 1.29. The predicted octanol–water partition coefficient (Wildman–Crippen LogP) is 1.34. The number of nitrogens with zero attached hydrogens (tertiary/aromatic N) is 3. The van der Waals surface area contributed by atoms with Crippen molar-refractivity contribution in [2.24, 2.45) is 0 Å². The van der Waals surface area contributed by atoms with Gasteiger partial charge in [-0.05, 0) is 0 Å². The Morgan fingerprint density at radius 2 is 2.12 bits per heavy atom. The van der Waals surface area contributed by atoms with Crippen LogP contribution in [0.25, 0.3) is 5.78 Å². The van der Waals surface area contributed by atoms with Gasteiger partial charge < -0.3 is 5.11 Å². The Morgan fingerprint density at radius 1 is 1.41 bits per heavy atom.